The number of aromatic nitrogens is 2. The molecule has 0 radical (unpaired) electrons. The smallest absolute Gasteiger partial charge is 0.139 e. The highest BCUT2D eigenvalue weighted by molar-refractivity contribution is 6.33. The number of H-pyrrole nitrogens is 1. The van der Waals surface area contributed by atoms with Crippen LogP contribution >= 0.6 is 11.6 Å². The van der Waals surface area contributed by atoms with Crippen molar-refractivity contribution in [2.45, 2.75) is 27.2 Å². The van der Waals surface area contributed by atoms with Crippen LogP contribution in [0.4, 0.5) is 11.4 Å². The van der Waals surface area contributed by atoms with Crippen LogP contribution in [0, 0.1) is 6.92 Å². The maximum atomic E-state index is 6.27. The second-order valence-corrected chi connectivity index (χ2v) is 6.80. The van der Waals surface area contributed by atoms with Crippen LogP contribution in [-0.4, -0.2) is 30.2 Å². The Balaban J connectivity index is 0.00000109. The van der Waals surface area contributed by atoms with Crippen molar-refractivity contribution in [1.29, 1.82) is 0 Å². The van der Waals surface area contributed by atoms with Gasteiger partial charge in [0.25, 0.3) is 0 Å². The summed E-state index contributed by atoms with van der Waals surface area (Å²) in [6.07, 6.45) is 5.06. The van der Waals surface area contributed by atoms with Crippen molar-refractivity contribution in [2.75, 3.05) is 25.5 Å². The van der Waals surface area contributed by atoms with Crippen LogP contribution < -0.4 is 15.4 Å². The van der Waals surface area contributed by atoms with Gasteiger partial charge in [-0.3, -0.25) is 0 Å². The van der Waals surface area contributed by atoms with Crippen molar-refractivity contribution in [2.24, 2.45) is 0 Å². The Hall–Kier alpha value is -2.50. The molecular formula is C22H27ClN4O. The van der Waals surface area contributed by atoms with E-state index in [0.717, 1.165) is 53.2 Å². The summed E-state index contributed by atoms with van der Waals surface area (Å²) in [5, 5.41) is 8.52. The molecule has 0 bridgehead atoms. The van der Waals surface area contributed by atoms with Gasteiger partial charge in [-0.15, -0.1) is 0 Å². The van der Waals surface area contributed by atoms with Crippen molar-refractivity contribution in [3.05, 3.63) is 52.8 Å². The van der Waals surface area contributed by atoms with Gasteiger partial charge in [-0.2, -0.15) is 0 Å². The molecule has 0 atom stereocenters. The molecule has 148 valence electrons. The molecule has 0 spiro atoms. The summed E-state index contributed by atoms with van der Waals surface area (Å²) in [5.41, 5.74) is 6.23. The molecule has 0 fully saturated rings. The molecule has 3 heterocycles. The van der Waals surface area contributed by atoms with Crippen molar-refractivity contribution in [1.82, 2.24) is 15.3 Å². The lowest BCUT2D eigenvalue weighted by Crippen LogP contribution is -2.20. The monoisotopic (exact) mass is 398 g/mol. The number of aryl methyl sites for hydroxylation is 1. The predicted molar refractivity (Wildman–Crippen MR) is 119 cm³/mol. The quantitative estimate of drug-likeness (QED) is 0.529. The van der Waals surface area contributed by atoms with Crippen LogP contribution in [-0.2, 0) is 0 Å². The van der Waals surface area contributed by atoms with Crippen LogP contribution in [0.25, 0.3) is 16.6 Å². The second kappa shape index (κ2) is 9.13. The van der Waals surface area contributed by atoms with Crippen molar-refractivity contribution in [3.8, 4) is 5.75 Å². The molecule has 1 aromatic carbocycles. The third-order valence-corrected chi connectivity index (χ3v) is 5.15. The zero-order valence-electron chi connectivity index (χ0n) is 16.8. The van der Waals surface area contributed by atoms with Crippen molar-refractivity contribution in [3.63, 3.8) is 0 Å². The minimum Gasteiger partial charge on any atom is -0.495 e. The van der Waals surface area contributed by atoms with Crippen molar-refractivity contribution < 1.29 is 4.74 Å². The summed E-state index contributed by atoms with van der Waals surface area (Å²) in [6.45, 7) is 7.88. The first-order valence-corrected chi connectivity index (χ1v) is 10.0. The first-order valence-electron chi connectivity index (χ1n) is 9.64. The number of hydrogen-bond acceptors (Lipinski definition) is 4. The summed E-state index contributed by atoms with van der Waals surface area (Å²) in [5.74, 6) is 0.661. The standard InChI is InChI=1S/C20H21ClN4O.C2H6/c1-12-9-14(10-18(26-2)19(12)21)24-16-5-8-23-20-15(16)11-17(25-20)13-3-6-22-7-4-13;1-2/h3,5,8-11,22H,4,6-7H2,1-2H3,(H2,23,24,25);1-2H3. The van der Waals surface area contributed by atoms with E-state index in [0.29, 0.717) is 10.8 Å². The average Bonchev–Trinajstić information content (AvgIpc) is 3.18. The topological polar surface area (TPSA) is 62.0 Å². The molecule has 1 aliphatic heterocycles. The van der Waals surface area contributed by atoms with E-state index in [4.69, 9.17) is 16.3 Å². The van der Waals surface area contributed by atoms with Crippen LogP contribution in [0.5, 0.6) is 5.75 Å². The lowest BCUT2D eigenvalue weighted by Gasteiger charge is -2.12. The highest BCUT2D eigenvalue weighted by Crippen LogP contribution is 2.34. The molecule has 4 rings (SSSR count). The number of pyridine rings is 1. The second-order valence-electron chi connectivity index (χ2n) is 6.42. The zero-order chi connectivity index (χ0) is 20.1. The minimum absolute atomic E-state index is 0.639. The molecular weight excluding hydrogens is 372 g/mol. The molecule has 0 saturated heterocycles. The third-order valence-electron chi connectivity index (χ3n) is 4.66. The highest BCUT2D eigenvalue weighted by atomic mass is 35.5. The lowest BCUT2D eigenvalue weighted by molar-refractivity contribution is 0.415. The highest BCUT2D eigenvalue weighted by Gasteiger charge is 2.13. The number of anilines is 2. The van der Waals surface area contributed by atoms with Gasteiger partial charge in [-0.25, -0.2) is 4.98 Å². The van der Waals surface area contributed by atoms with Gasteiger partial charge >= 0.3 is 0 Å². The van der Waals surface area contributed by atoms with Crippen LogP contribution in [0.1, 0.15) is 31.5 Å². The number of ether oxygens (including phenoxy) is 1. The molecule has 0 amide bonds. The molecule has 0 aliphatic carbocycles. The maximum Gasteiger partial charge on any atom is 0.139 e. The van der Waals surface area contributed by atoms with E-state index < -0.39 is 0 Å². The Morgan fingerprint density at radius 2 is 2.04 bits per heavy atom. The Bertz CT molecular complexity index is 994. The fourth-order valence-electron chi connectivity index (χ4n) is 3.29. The number of fused-ring (bicyclic) bond motifs is 1. The summed E-state index contributed by atoms with van der Waals surface area (Å²) in [4.78, 5) is 7.92. The Kier molecular flexibility index (Phi) is 6.60. The first kappa shape index (κ1) is 20.2. The zero-order valence-corrected chi connectivity index (χ0v) is 17.6. The molecule has 28 heavy (non-hydrogen) atoms. The van der Waals surface area contributed by atoms with Gasteiger partial charge in [-0.05, 0) is 49.2 Å². The van der Waals surface area contributed by atoms with E-state index in [2.05, 4.69) is 32.7 Å². The number of methoxy groups -OCH3 is 1. The summed E-state index contributed by atoms with van der Waals surface area (Å²) >= 11 is 6.27. The summed E-state index contributed by atoms with van der Waals surface area (Å²) in [6, 6.07) is 8.07. The predicted octanol–water partition coefficient (Wildman–Crippen LogP) is 5.68. The van der Waals surface area contributed by atoms with Crippen molar-refractivity contribution >= 4 is 39.6 Å². The van der Waals surface area contributed by atoms with Crippen LogP contribution in [0.15, 0.2) is 36.5 Å². The molecule has 2 aromatic heterocycles. The fourth-order valence-corrected chi connectivity index (χ4v) is 3.48. The van der Waals surface area contributed by atoms with E-state index in [1.165, 1.54) is 5.57 Å². The largest absolute Gasteiger partial charge is 0.495 e. The fraction of sp³-hybridized carbons (Fsp3) is 0.318. The van der Waals surface area contributed by atoms with E-state index in [1.807, 2.05) is 45.2 Å². The normalized spacial score (nSPS) is 13.5. The molecule has 3 aromatic rings. The molecule has 5 nitrogen and oxygen atoms in total. The molecule has 0 unspecified atom stereocenters. The van der Waals surface area contributed by atoms with E-state index in [9.17, 15) is 0 Å². The Morgan fingerprint density at radius 1 is 1.21 bits per heavy atom. The summed E-state index contributed by atoms with van der Waals surface area (Å²) < 4.78 is 5.37. The van der Waals surface area contributed by atoms with Gasteiger partial charge in [0.1, 0.15) is 11.4 Å². The number of nitrogens with zero attached hydrogens (tertiary/aromatic N) is 1. The maximum absolute atomic E-state index is 6.27. The van der Waals surface area contributed by atoms with Crippen LogP contribution in [0.3, 0.4) is 0 Å². The van der Waals surface area contributed by atoms with Gasteiger partial charge in [-0.1, -0.05) is 31.5 Å². The minimum atomic E-state index is 0.639. The van der Waals surface area contributed by atoms with Crippen LogP contribution in [0.2, 0.25) is 5.02 Å². The lowest BCUT2D eigenvalue weighted by atomic mass is 10.1. The van der Waals surface area contributed by atoms with E-state index in [1.54, 1.807) is 7.11 Å². The summed E-state index contributed by atoms with van der Waals surface area (Å²) in [7, 11) is 1.63. The number of nitrogens with one attached hydrogen (secondary N) is 3. The van der Waals surface area contributed by atoms with E-state index >= 15 is 0 Å². The number of halogens is 1. The van der Waals surface area contributed by atoms with Gasteiger partial charge in [0, 0.05) is 35.6 Å². The van der Waals surface area contributed by atoms with Gasteiger partial charge in [0.2, 0.25) is 0 Å². The third kappa shape index (κ3) is 4.16. The number of benzene rings is 1. The average molecular weight is 399 g/mol. The number of hydrogen-bond donors (Lipinski definition) is 3. The Morgan fingerprint density at radius 3 is 2.75 bits per heavy atom. The molecule has 6 heteroatoms. The van der Waals surface area contributed by atoms with Gasteiger partial charge in [0.15, 0.2) is 0 Å². The molecule has 0 saturated carbocycles. The SMILES string of the molecule is CC.COc1cc(Nc2ccnc3[nH]c(C4=CCNCC4)cc23)cc(C)c1Cl. The number of aromatic amines is 1. The van der Waals surface area contributed by atoms with Gasteiger partial charge in [0.05, 0.1) is 17.8 Å². The molecule has 3 N–H and O–H groups in total. The molecule has 1 aliphatic rings. The first-order chi connectivity index (χ1) is 13.7. The van der Waals surface area contributed by atoms with Gasteiger partial charge < -0.3 is 20.4 Å². The Labute approximate surface area is 171 Å². The number of rotatable bonds is 4. The van der Waals surface area contributed by atoms with E-state index in [-0.39, 0.29) is 0 Å².